The lowest BCUT2D eigenvalue weighted by molar-refractivity contribution is 0.135. The van der Waals surface area contributed by atoms with Gasteiger partial charge in [0, 0.05) is 6.07 Å². The Morgan fingerprint density at radius 3 is 2.90 bits per heavy atom. The molecule has 1 N–H and O–H groups in total. The van der Waals surface area contributed by atoms with Crippen molar-refractivity contribution in [2.24, 2.45) is 0 Å². The van der Waals surface area contributed by atoms with Gasteiger partial charge in [0.25, 0.3) is 0 Å². The number of aryl methyl sites for hydroxylation is 1. The fourth-order valence-corrected chi connectivity index (χ4v) is 0.741. The van der Waals surface area contributed by atoms with Gasteiger partial charge in [-0.05, 0) is 13.3 Å². The molecule has 0 spiro atoms. The molecule has 0 amide bonds. The molecule has 0 aliphatic rings. The minimum Gasteiger partial charge on any atom is -0.385 e. The predicted octanol–water partition coefficient (Wildman–Crippen LogP) is 1.43. The molecule has 1 rings (SSSR count). The van der Waals surface area contributed by atoms with E-state index < -0.39 is 6.10 Å². The summed E-state index contributed by atoms with van der Waals surface area (Å²) in [4.78, 5) is 0. The van der Waals surface area contributed by atoms with Crippen molar-refractivity contribution in [3.63, 3.8) is 0 Å². The third-order valence-electron chi connectivity index (χ3n) is 1.36. The second kappa shape index (κ2) is 2.84. The van der Waals surface area contributed by atoms with Crippen LogP contribution in [0.5, 0.6) is 0 Å². The molecule has 0 aromatic carbocycles. The molecule has 56 valence electrons. The molecule has 10 heavy (non-hydrogen) atoms. The summed E-state index contributed by atoms with van der Waals surface area (Å²) in [5, 5.41) is 12.9. The topological polar surface area (TPSA) is 46.3 Å². The maximum absolute atomic E-state index is 9.21. The maximum atomic E-state index is 9.21. The van der Waals surface area contributed by atoms with E-state index in [0.29, 0.717) is 12.2 Å². The Labute approximate surface area is 59.7 Å². The van der Waals surface area contributed by atoms with Crippen LogP contribution in [0.3, 0.4) is 0 Å². The number of aliphatic hydroxyl groups is 1. The zero-order valence-electron chi connectivity index (χ0n) is 6.16. The van der Waals surface area contributed by atoms with Crippen LogP contribution in [0.15, 0.2) is 10.6 Å². The second-order valence-corrected chi connectivity index (χ2v) is 2.29. The van der Waals surface area contributed by atoms with Crippen molar-refractivity contribution in [3.05, 3.63) is 17.5 Å². The zero-order chi connectivity index (χ0) is 7.56. The molecular weight excluding hydrogens is 130 g/mol. The standard InChI is InChI=1S/C7H11NO2/c1-3-6(9)7-4-5(2)8-10-7/h4,6,9H,3H2,1-2H3. The van der Waals surface area contributed by atoms with E-state index in [1.165, 1.54) is 0 Å². The van der Waals surface area contributed by atoms with E-state index in [9.17, 15) is 5.11 Å². The van der Waals surface area contributed by atoms with Crippen LogP contribution in [0.25, 0.3) is 0 Å². The van der Waals surface area contributed by atoms with Gasteiger partial charge in [-0.1, -0.05) is 12.1 Å². The summed E-state index contributed by atoms with van der Waals surface area (Å²) >= 11 is 0. The average Bonchev–Trinajstić information content (AvgIpc) is 2.34. The van der Waals surface area contributed by atoms with Gasteiger partial charge >= 0.3 is 0 Å². The van der Waals surface area contributed by atoms with Crippen LogP contribution in [0.1, 0.15) is 30.9 Å². The summed E-state index contributed by atoms with van der Waals surface area (Å²) in [5.41, 5.74) is 0.808. The quantitative estimate of drug-likeness (QED) is 0.677. The maximum Gasteiger partial charge on any atom is 0.165 e. The molecule has 0 aliphatic carbocycles. The highest BCUT2D eigenvalue weighted by Gasteiger charge is 2.09. The lowest BCUT2D eigenvalue weighted by Gasteiger charge is -1.98. The predicted molar refractivity (Wildman–Crippen MR) is 36.5 cm³/mol. The van der Waals surface area contributed by atoms with Crippen molar-refractivity contribution in [1.82, 2.24) is 5.16 Å². The highest BCUT2D eigenvalue weighted by Crippen LogP contribution is 2.15. The summed E-state index contributed by atoms with van der Waals surface area (Å²) in [6.07, 6.45) is 0.162. The van der Waals surface area contributed by atoms with Gasteiger partial charge in [-0.25, -0.2) is 0 Å². The number of nitrogens with zero attached hydrogens (tertiary/aromatic N) is 1. The van der Waals surface area contributed by atoms with Gasteiger partial charge in [0.2, 0.25) is 0 Å². The van der Waals surface area contributed by atoms with E-state index in [1.807, 2.05) is 13.8 Å². The van der Waals surface area contributed by atoms with Crippen LogP contribution in [-0.4, -0.2) is 10.3 Å². The van der Waals surface area contributed by atoms with E-state index in [0.717, 1.165) is 5.69 Å². The average molecular weight is 141 g/mol. The molecule has 1 aromatic heterocycles. The summed E-state index contributed by atoms with van der Waals surface area (Å²) in [6, 6.07) is 1.74. The van der Waals surface area contributed by atoms with E-state index in [2.05, 4.69) is 5.16 Å². The lowest BCUT2D eigenvalue weighted by atomic mass is 10.2. The molecule has 0 bridgehead atoms. The molecule has 0 aliphatic heterocycles. The molecule has 1 unspecified atom stereocenters. The molecule has 1 heterocycles. The second-order valence-electron chi connectivity index (χ2n) is 2.29. The van der Waals surface area contributed by atoms with E-state index in [4.69, 9.17) is 4.52 Å². The smallest absolute Gasteiger partial charge is 0.165 e. The van der Waals surface area contributed by atoms with Crippen LogP contribution in [0.4, 0.5) is 0 Å². The van der Waals surface area contributed by atoms with Crippen molar-refractivity contribution >= 4 is 0 Å². The number of hydrogen-bond donors (Lipinski definition) is 1. The first-order valence-electron chi connectivity index (χ1n) is 3.35. The number of aliphatic hydroxyl groups excluding tert-OH is 1. The number of hydrogen-bond acceptors (Lipinski definition) is 3. The van der Waals surface area contributed by atoms with Gasteiger partial charge in [0.15, 0.2) is 5.76 Å². The van der Waals surface area contributed by atoms with Gasteiger partial charge in [0.1, 0.15) is 6.10 Å². The highest BCUT2D eigenvalue weighted by atomic mass is 16.5. The first kappa shape index (κ1) is 7.28. The van der Waals surface area contributed by atoms with Crippen LogP contribution < -0.4 is 0 Å². The Hall–Kier alpha value is -0.830. The molecule has 1 aromatic rings. The van der Waals surface area contributed by atoms with E-state index in [-0.39, 0.29) is 0 Å². The lowest BCUT2D eigenvalue weighted by Crippen LogP contribution is -1.91. The molecule has 0 saturated heterocycles. The minimum atomic E-state index is -0.499. The normalized spacial score (nSPS) is 13.5. The van der Waals surface area contributed by atoms with Gasteiger partial charge in [-0.3, -0.25) is 0 Å². The Bertz CT molecular complexity index is 207. The summed E-state index contributed by atoms with van der Waals surface area (Å²) < 4.78 is 4.82. The molecule has 3 heteroatoms. The van der Waals surface area contributed by atoms with Crippen molar-refractivity contribution < 1.29 is 9.63 Å². The third-order valence-corrected chi connectivity index (χ3v) is 1.36. The zero-order valence-corrected chi connectivity index (χ0v) is 6.16. The van der Waals surface area contributed by atoms with Crippen LogP contribution in [0, 0.1) is 6.92 Å². The largest absolute Gasteiger partial charge is 0.385 e. The summed E-state index contributed by atoms with van der Waals surface area (Å²) in [6.45, 7) is 3.72. The van der Waals surface area contributed by atoms with Gasteiger partial charge in [-0.15, -0.1) is 0 Å². The SMILES string of the molecule is CCC(O)c1cc(C)no1. The fraction of sp³-hybridized carbons (Fsp3) is 0.571. The molecule has 0 fully saturated rings. The third kappa shape index (κ3) is 1.36. The Kier molecular flexibility index (Phi) is 2.06. The number of rotatable bonds is 2. The molecule has 0 radical (unpaired) electrons. The Morgan fingerprint density at radius 1 is 1.80 bits per heavy atom. The van der Waals surface area contributed by atoms with Crippen molar-refractivity contribution in [2.45, 2.75) is 26.4 Å². The fourth-order valence-electron chi connectivity index (χ4n) is 0.741. The first-order valence-corrected chi connectivity index (χ1v) is 3.35. The monoisotopic (exact) mass is 141 g/mol. The Balaban J connectivity index is 2.74. The molecule has 1 atom stereocenters. The van der Waals surface area contributed by atoms with Gasteiger partial charge in [-0.2, -0.15) is 0 Å². The first-order chi connectivity index (χ1) is 4.74. The van der Waals surface area contributed by atoms with Crippen LogP contribution >= 0.6 is 0 Å². The van der Waals surface area contributed by atoms with E-state index >= 15 is 0 Å². The minimum absolute atomic E-state index is 0.499. The van der Waals surface area contributed by atoms with Crippen LogP contribution in [-0.2, 0) is 0 Å². The summed E-state index contributed by atoms with van der Waals surface area (Å²) in [7, 11) is 0. The highest BCUT2D eigenvalue weighted by molar-refractivity contribution is 5.05. The summed E-state index contributed by atoms with van der Waals surface area (Å²) in [5.74, 6) is 0.556. The number of aromatic nitrogens is 1. The molecule has 3 nitrogen and oxygen atoms in total. The molecule has 0 saturated carbocycles. The van der Waals surface area contributed by atoms with E-state index in [1.54, 1.807) is 6.07 Å². The van der Waals surface area contributed by atoms with Crippen molar-refractivity contribution in [2.75, 3.05) is 0 Å². The van der Waals surface area contributed by atoms with Gasteiger partial charge < -0.3 is 9.63 Å². The Morgan fingerprint density at radius 2 is 2.50 bits per heavy atom. The molecular formula is C7H11NO2. The van der Waals surface area contributed by atoms with Crippen molar-refractivity contribution in [3.8, 4) is 0 Å². The van der Waals surface area contributed by atoms with Crippen molar-refractivity contribution in [1.29, 1.82) is 0 Å². The van der Waals surface area contributed by atoms with Crippen LogP contribution in [0.2, 0.25) is 0 Å². The van der Waals surface area contributed by atoms with Gasteiger partial charge in [0.05, 0.1) is 5.69 Å².